The van der Waals surface area contributed by atoms with Crippen molar-refractivity contribution in [1.29, 1.82) is 0 Å². The van der Waals surface area contributed by atoms with Gasteiger partial charge in [0.15, 0.2) is 0 Å². The highest BCUT2D eigenvalue weighted by Gasteiger charge is 2.25. The lowest BCUT2D eigenvalue weighted by Gasteiger charge is -2.31. The summed E-state index contributed by atoms with van der Waals surface area (Å²) in [5.74, 6) is 0.431. The molecule has 0 spiro atoms. The summed E-state index contributed by atoms with van der Waals surface area (Å²) in [6, 6.07) is 6.01. The van der Waals surface area contributed by atoms with E-state index in [2.05, 4.69) is 21.2 Å². The van der Waals surface area contributed by atoms with Gasteiger partial charge in [0, 0.05) is 16.1 Å². The molecule has 2 atom stereocenters. The molecule has 20 heavy (non-hydrogen) atoms. The molecule has 2 rings (SSSR count). The van der Waals surface area contributed by atoms with Crippen LogP contribution >= 0.6 is 28.3 Å². The van der Waals surface area contributed by atoms with Crippen molar-refractivity contribution in [3.8, 4) is 0 Å². The summed E-state index contributed by atoms with van der Waals surface area (Å²) < 4.78 is 0.941. The summed E-state index contributed by atoms with van der Waals surface area (Å²) in [6.45, 7) is 2.65. The van der Waals surface area contributed by atoms with Crippen LogP contribution in [0, 0.1) is 12.8 Å². The van der Waals surface area contributed by atoms with Gasteiger partial charge in [-0.3, -0.25) is 4.79 Å². The van der Waals surface area contributed by atoms with Gasteiger partial charge < -0.3 is 11.1 Å². The van der Waals surface area contributed by atoms with E-state index in [0.29, 0.717) is 18.0 Å². The average molecular weight is 362 g/mol. The van der Waals surface area contributed by atoms with E-state index in [-0.39, 0.29) is 24.4 Å². The number of benzene rings is 1. The third-order valence-electron chi connectivity index (χ3n) is 3.83. The Morgan fingerprint density at radius 2 is 2.05 bits per heavy atom. The number of hydrogen-bond acceptors (Lipinski definition) is 2. The van der Waals surface area contributed by atoms with Crippen LogP contribution in [0.3, 0.4) is 0 Å². The zero-order chi connectivity index (χ0) is 13.8. The molecule has 1 aliphatic rings. The molecule has 5 heteroatoms. The molecule has 1 aliphatic carbocycles. The zero-order valence-corrected chi connectivity index (χ0v) is 14.1. The predicted molar refractivity (Wildman–Crippen MR) is 88.4 cm³/mol. The number of amides is 1. The summed E-state index contributed by atoms with van der Waals surface area (Å²) in [5.41, 5.74) is 7.60. The lowest BCUT2D eigenvalue weighted by molar-refractivity contribution is 0.0908. The van der Waals surface area contributed by atoms with Gasteiger partial charge in [-0.15, -0.1) is 12.4 Å². The third-order valence-corrected chi connectivity index (χ3v) is 4.29. The van der Waals surface area contributed by atoms with Crippen LogP contribution < -0.4 is 11.1 Å². The molecule has 0 aromatic heterocycles. The molecule has 1 saturated carbocycles. The largest absolute Gasteiger partial charge is 0.349 e. The molecule has 0 heterocycles. The van der Waals surface area contributed by atoms with E-state index < -0.39 is 0 Å². The van der Waals surface area contributed by atoms with Crippen LogP contribution in [0.25, 0.3) is 0 Å². The number of carbonyl (C=O) groups excluding carboxylic acids is 1. The lowest BCUT2D eigenvalue weighted by Crippen LogP contribution is -2.44. The Morgan fingerprint density at radius 3 is 2.70 bits per heavy atom. The summed E-state index contributed by atoms with van der Waals surface area (Å²) in [4.78, 5) is 12.3. The van der Waals surface area contributed by atoms with Crippen molar-refractivity contribution in [1.82, 2.24) is 5.32 Å². The minimum atomic E-state index is 0. The van der Waals surface area contributed by atoms with Crippen LogP contribution in [0.15, 0.2) is 22.7 Å². The van der Waals surface area contributed by atoms with Crippen LogP contribution in [-0.4, -0.2) is 18.5 Å². The Bertz CT molecular complexity index is 447. The molecule has 1 fully saturated rings. The lowest BCUT2D eigenvalue weighted by atomic mass is 9.84. The molecule has 0 saturated heterocycles. The van der Waals surface area contributed by atoms with Gasteiger partial charge >= 0.3 is 0 Å². The van der Waals surface area contributed by atoms with Crippen molar-refractivity contribution in [3.05, 3.63) is 33.8 Å². The minimum absolute atomic E-state index is 0. The molecule has 1 amide bonds. The second-order valence-corrected chi connectivity index (χ2v) is 6.29. The topological polar surface area (TPSA) is 55.1 Å². The molecule has 3 N–H and O–H groups in total. The molecule has 0 radical (unpaired) electrons. The molecule has 3 nitrogen and oxygen atoms in total. The first-order valence-corrected chi connectivity index (χ1v) is 7.67. The summed E-state index contributed by atoms with van der Waals surface area (Å²) >= 11 is 3.43. The quantitative estimate of drug-likeness (QED) is 0.866. The Balaban J connectivity index is 0.00000200. The normalized spacial score (nSPS) is 21.9. The standard InChI is InChI=1S/C15H21BrN2O.ClH/c1-10-6-12(8-13(16)7-10)15(19)18-14-5-3-2-4-11(14)9-17;/h6-8,11,14H,2-5,9,17H2,1H3,(H,18,19);1H. The molecular weight excluding hydrogens is 340 g/mol. The van der Waals surface area contributed by atoms with Gasteiger partial charge in [-0.05, 0) is 56.0 Å². The first kappa shape index (κ1) is 17.5. The highest BCUT2D eigenvalue weighted by molar-refractivity contribution is 9.10. The molecular formula is C15H22BrClN2O. The number of nitrogens with two attached hydrogens (primary N) is 1. The number of aryl methyl sites for hydroxylation is 1. The molecule has 1 aromatic carbocycles. The van der Waals surface area contributed by atoms with Crippen molar-refractivity contribution < 1.29 is 4.79 Å². The van der Waals surface area contributed by atoms with Gasteiger partial charge in [0.05, 0.1) is 0 Å². The van der Waals surface area contributed by atoms with E-state index in [9.17, 15) is 4.79 Å². The molecule has 1 aromatic rings. The highest BCUT2D eigenvalue weighted by atomic mass is 79.9. The first-order chi connectivity index (χ1) is 9.10. The number of nitrogens with one attached hydrogen (secondary N) is 1. The van der Waals surface area contributed by atoms with Crippen LogP contribution in [0.5, 0.6) is 0 Å². The fourth-order valence-corrected chi connectivity index (χ4v) is 3.41. The van der Waals surface area contributed by atoms with E-state index >= 15 is 0 Å². The maximum absolute atomic E-state index is 12.3. The second kappa shape index (κ2) is 8.01. The number of hydrogen-bond donors (Lipinski definition) is 2. The van der Waals surface area contributed by atoms with Gasteiger partial charge in [-0.2, -0.15) is 0 Å². The molecule has 0 aliphatic heterocycles. The molecule has 0 bridgehead atoms. The Labute approximate surface area is 135 Å². The van der Waals surface area contributed by atoms with E-state index in [1.54, 1.807) is 0 Å². The third kappa shape index (κ3) is 4.47. The zero-order valence-electron chi connectivity index (χ0n) is 11.7. The van der Waals surface area contributed by atoms with Gasteiger partial charge in [0.25, 0.3) is 5.91 Å². The SMILES string of the molecule is Cc1cc(Br)cc(C(=O)NC2CCCCC2CN)c1.Cl. The van der Waals surface area contributed by atoms with E-state index in [1.165, 1.54) is 12.8 Å². The number of halogens is 2. The van der Waals surface area contributed by atoms with Gasteiger partial charge in [0.2, 0.25) is 0 Å². The average Bonchev–Trinajstić information content (AvgIpc) is 2.38. The van der Waals surface area contributed by atoms with E-state index in [0.717, 1.165) is 22.9 Å². The van der Waals surface area contributed by atoms with Gasteiger partial charge in [0.1, 0.15) is 0 Å². The maximum atomic E-state index is 12.3. The van der Waals surface area contributed by atoms with E-state index in [1.807, 2.05) is 25.1 Å². The maximum Gasteiger partial charge on any atom is 0.251 e. The van der Waals surface area contributed by atoms with Crippen molar-refractivity contribution in [2.45, 2.75) is 38.6 Å². The van der Waals surface area contributed by atoms with Crippen LogP contribution in [-0.2, 0) is 0 Å². The number of carbonyl (C=O) groups is 1. The summed E-state index contributed by atoms with van der Waals surface area (Å²) in [7, 11) is 0. The van der Waals surface area contributed by atoms with Gasteiger partial charge in [-0.1, -0.05) is 28.8 Å². The fourth-order valence-electron chi connectivity index (χ4n) is 2.80. The second-order valence-electron chi connectivity index (χ2n) is 5.38. The van der Waals surface area contributed by atoms with Crippen LogP contribution in [0.1, 0.15) is 41.6 Å². The Kier molecular flexibility index (Phi) is 7.00. The van der Waals surface area contributed by atoms with Crippen LogP contribution in [0.2, 0.25) is 0 Å². The summed E-state index contributed by atoms with van der Waals surface area (Å²) in [6.07, 6.45) is 4.57. The smallest absolute Gasteiger partial charge is 0.251 e. The van der Waals surface area contributed by atoms with Crippen molar-refractivity contribution in [3.63, 3.8) is 0 Å². The van der Waals surface area contributed by atoms with Crippen molar-refractivity contribution in [2.75, 3.05) is 6.54 Å². The highest BCUT2D eigenvalue weighted by Crippen LogP contribution is 2.24. The van der Waals surface area contributed by atoms with Crippen molar-refractivity contribution >= 4 is 34.2 Å². The Morgan fingerprint density at radius 1 is 1.35 bits per heavy atom. The van der Waals surface area contributed by atoms with Crippen molar-refractivity contribution in [2.24, 2.45) is 11.7 Å². The van der Waals surface area contributed by atoms with Crippen LogP contribution in [0.4, 0.5) is 0 Å². The molecule has 2 unspecified atom stereocenters. The predicted octanol–water partition coefficient (Wildman–Crippen LogP) is 3.43. The summed E-state index contributed by atoms with van der Waals surface area (Å²) in [5, 5.41) is 3.15. The number of rotatable bonds is 3. The Hall–Kier alpha value is -0.580. The fraction of sp³-hybridized carbons (Fsp3) is 0.533. The monoisotopic (exact) mass is 360 g/mol. The van der Waals surface area contributed by atoms with Gasteiger partial charge in [-0.25, -0.2) is 0 Å². The minimum Gasteiger partial charge on any atom is -0.349 e. The molecule has 112 valence electrons. The first-order valence-electron chi connectivity index (χ1n) is 6.88. The van der Waals surface area contributed by atoms with E-state index in [4.69, 9.17) is 5.73 Å².